The summed E-state index contributed by atoms with van der Waals surface area (Å²) < 4.78 is 25.2. The third kappa shape index (κ3) is 1.40. The van der Waals surface area contributed by atoms with E-state index in [0.29, 0.717) is 12.6 Å². The second-order valence-corrected chi connectivity index (χ2v) is 6.70. The molecule has 1 aromatic rings. The number of nitrogens with two attached hydrogens (primary N) is 1. The Balaban J connectivity index is 2.08. The summed E-state index contributed by atoms with van der Waals surface area (Å²) in [5.41, 5.74) is 8.14. The highest BCUT2D eigenvalue weighted by atomic mass is 32.2. The van der Waals surface area contributed by atoms with Crippen molar-refractivity contribution in [1.29, 1.82) is 0 Å². The maximum atomic E-state index is 11.6. The number of rotatable bonds is 2. The van der Waals surface area contributed by atoms with Crippen LogP contribution in [0.2, 0.25) is 0 Å². The predicted molar refractivity (Wildman–Crippen MR) is 59.3 cm³/mol. The zero-order valence-electron chi connectivity index (χ0n) is 9.02. The van der Waals surface area contributed by atoms with Crippen molar-refractivity contribution in [2.75, 3.05) is 0 Å². The van der Waals surface area contributed by atoms with Crippen molar-refractivity contribution in [1.82, 2.24) is 9.78 Å². The molecule has 1 saturated carbocycles. The molecule has 0 atom stereocenters. The summed E-state index contributed by atoms with van der Waals surface area (Å²) in [5.74, 6) is 0.271. The molecule has 0 saturated heterocycles. The molecule has 0 spiro atoms. The summed E-state index contributed by atoms with van der Waals surface area (Å²) in [6, 6.07) is 0.405. The fourth-order valence-electron chi connectivity index (χ4n) is 2.45. The molecule has 1 fully saturated rings. The maximum absolute atomic E-state index is 11.6. The van der Waals surface area contributed by atoms with Crippen LogP contribution in [0.15, 0.2) is 0 Å². The van der Waals surface area contributed by atoms with E-state index < -0.39 is 9.84 Å². The van der Waals surface area contributed by atoms with Gasteiger partial charge in [-0.2, -0.15) is 5.10 Å². The van der Waals surface area contributed by atoms with Gasteiger partial charge in [-0.05, 0) is 19.3 Å². The molecule has 2 heterocycles. The van der Waals surface area contributed by atoms with Gasteiger partial charge in [0.05, 0.1) is 28.9 Å². The van der Waals surface area contributed by atoms with Crippen molar-refractivity contribution in [2.24, 2.45) is 5.73 Å². The van der Waals surface area contributed by atoms with Gasteiger partial charge in [0.15, 0.2) is 9.84 Å². The van der Waals surface area contributed by atoms with Gasteiger partial charge in [-0.3, -0.25) is 4.68 Å². The molecule has 3 rings (SSSR count). The molecule has 1 aliphatic carbocycles. The minimum absolute atomic E-state index is 0.127. The van der Waals surface area contributed by atoms with Crippen LogP contribution in [0.25, 0.3) is 0 Å². The van der Waals surface area contributed by atoms with Gasteiger partial charge in [0.1, 0.15) is 0 Å². The summed E-state index contributed by atoms with van der Waals surface area (Å²) in [6.45, 7) is 0.331. The Morgan fingerprint density at radius 3 is 2.69 bits per heavy atom. The van der Waals surface area contributed by atoms with Gasteiger partial charge >= 0.3 is 0 Å². The second-order valence-electron chi connectivity index (χ2n) is 4.64. The Hall–Kier alpha value is -0.880. The molecule has 1 aromatic heterocycles. The molecule has 1 aliphatic heterocycles. The van der Waals surface area contributed by atoms with Gasteiger partial charge in [-0.25, -0.2) is 8.42 Å². The first-order valence-electron chi connectivity index (χ1n) is 5.60. The summed E-state index contributed by atoms with van der Waals surface area (Å²) in [4.78, 5) is 0. The van der Waals surface area contributed by atoms with Gasteiger partial charge in [-0.1, -0.05) is 0 Å². The van der Waals surface area contributed by atoms with E-state index in [1.807, 2.05) is 4.68 Å². The molecule has 88 valence electrons. The Morgan fingerprint density at radius 1 is 1.38 bits per heavy atom. The van der Waals surface area contributed by atoms with Gasteiger partial charge in [0, 0.05) is 12.1 Å². The maximum Gasteiger partial charge on any atom is 0.160 e. The fraction of sp³-hybridized carbons (Fsp3) is 0.700. The molecular weight excluding hydrogens is 226 g/mol. The van der Waals surface area contributed by atoms with Crippen LogP contribution in [0.4, 0.5) is 0 Å². The molecule has 0 unspecified atom stereocenters. The predicted octanol–water partition coefficient (Wildman–Crippen LogP) is 0.495. The van der Waals surface area contributed by atoms with Crippen LogP contribution in [-0.4, -0.2) is 18.2 Å². The third-order valence-electron chi connectivity index (χ3n) is 3.54. The van der Waals surface area contributed by atoms with E-state index in [1.165, 1.54) is 6.42 Å². The molecule has 16 heavy (non-hydrogen) atoms. The molecule has 2 aliphatic rings. The topological polar surface area (TPSA) is 78.0 Å². The third-order valence-corrected chi connectivity index (χ3v) is 4.98. The van der Waals surface area contributed by atoms with Crippen LogP contribution in [-0.2, 0) is 27.9 Å². The van der Waals surface area contributed by atoms with Gasteiger partial charge in [0.2, 0.25) is 0 Å². The molecule has 5 nitrogen and oxygen atoms in total. The molecule has 0 radical (unpaired) electrons. The molecule has 0 amide bonds. The number of hydrogen-bond donors (Lipinski definition) is 1. The molecule has 6 heteroatoms. The van der Waals surface area contributed by atoms with Crippen LogP contribution in [0.1, 0.15) is 42.3 Å². The average molecular weight is 241 g/mol. The summed E-state index contributed by atoms with van der Waals surface area (Å²) in [5, 5.41) is 4.47. The fourth-order valence-corrected chi connectivity index (χ4v) is 4.05. The number of fused-ring (bicyclic) bond motifs is 1. The molecule has 2 N–H and O–H groups in total. The zero-order valence-corrected chi connectivity index (χ0v) is 9.83. The van der Waals surface area contributed by atoms with Gasteiger partial charge in [0.25, 0.3) is 0 Å². The zero-order chi connectivity index (χ0) is 11.3. The number of nitrogens with zero attached hydrogens (tertiary/aromatic N) is 2. The van der Waals surface area contributed by atoms with E-state index in [0.717, 1.165) is 29.8 Å². The lowest BCUT2D eigenvalue weighted by atomic mass is 9.93. The standard InChI is InChI=1S/C10H15N3O2S/c11-4-9-8-5-16(14,15)6-10(8)13(12-9)7-2-1-3-7/h7H,1-6,11H2. The first kappa shape index (κ1) is 10.3. The van der Waals surface area contributed by atoms with E-state index in [4.69, 9.17) is 5.73 Å². The molecule has 0 aromatic carbocycles. The Morgan fingerprint density at radius 2 is 2.12 bits per heavy atom. The Kier molecular flexibility index (Phi) is 2.12. The highest BCUT2D eigenvalue weighted by molar-refractivity contribution is 7.90. The Labute approximate surface area is 94.5 Å². The lowest BCUT2D eigenvalue weighted by Gasteiger charge is -2.27. The number of hydrogen-bond acceptors (Lipinski definition) is 4. The van der Waals surface area contributed by atoms with E-state index in [9.17, 15) is 8.42 Å². The minimum atomic E-state index is -2.95. The highest BCUT2D eigenvalue weighted by Crippen LogP contribution is 2.37. The monoisotopic (exact) mass is 241 g/mol. The van der Waals surface area contributed by atoms with Gasteiger partial charge < -0.3 is 5.73 Å². The van der Waals surface area contributed by atoms with Crippen molar-refractivity contribution in [3.63, 3.8) is 0 Å². The van der Waals surface area contributed by atoms with E-state index in [-0.39, 0.29) is 11.5 Å². The SMILES string of the molecule is NCc1nn(C2CCC2)c2c1CS(=O)(=O)C2. The first-order valence-corrected chi connectivity index (χ1v) is 7.42. The molecular formula is C10H15N3O2S. The largest absolute Gasteiger partial charge is 0.325 e. The average Bonchev–Trinajstić information content (AvgIpc) is 2.58. The lowest BCUT2D eigenvalue weighted by molar-refractivity contribution is 0.283. The quantitative estimate of drug-likeness (QED) is 0.817. The molecule has 0 bridgehead atoms. The smallest absolute Gasteiger partial charge is 0.160 e. The number of sulfone groups is 1. The summed E-state index contributed by atoms with van der Waals surface area (Å²) >= 11 is 0. The van der Waals surface area contributed by atoms with Gasteiger partial charge in [-0.15, -0.1) is 0 Å². The summed E-state index contributed by atoms with van der Waals surface area (Å²) in [7, 11) is -2.95. The van der Waals surface area contributed by atoms with E-state index in [2.05, 4.69) is 5.10 Å². The van der Waals surface area contributed by atoms with Crippen LogP contribution >= 0.6 is 0 Å². The first-order chi connectivity index (χ1) is 7.61. The van der Waals surface area contributed by atoms with E-state index in [1.54, 1.807) is 0 Å². The van der Waals surface area contributed by atoms with Crippen molar-refractivity contribution in [3.8, 4) is 0 Å². The van der Waals surface area contributed by atoms with Crippen LogP contribution < -0.4 is 5.73 Å². The van der Waals surface area contributed by atoms with Crippen LogP contribution in [0.3, 0.4) is 0 Å². The van der Waals surface area contributed by atoms with E-state index >= 15 is 0 Å². The Bertz CT molecular complexity index is 529. The van der Waals surface area contributed by atoms with Crippen molar-refractivity contribution in [3.05, 3.63) is 17.0 Å². The van der Waals surface area contributed by atoms with Crippen molar-refractivity contribution in [2.45, 2.75) is 43.4 Å². The summed E-state index contributed by atoms with van der Waals surface area (Å²) in [6.07, 6.45) is 3.43. The highest BCUT2D eigenvalue weighted by Gasteiger charge is 2.35. The lowest BCUT2D eigenvalue weighted by Crippen LogP contribution is -2.21. The number of aromatic nitrogens is 2. The van der Waals surface area contributed by atoms with Crippen molar-refractivity contribution >= 4 is 9.84 Å². The van der Waals surface area contributed by atoms with Crippen molar-refractivity contribution < 1.29 is 8.42 Å². The second kappa shape index (κ2) is 3.30. The van der Waals surface area contributed by atoms with Crippen LogP contribution in [0, 0.1) is 0 Å². The van der Waals surface area contributed by atoms with Crippen LogP contribution in [0.5, 0.6) is 0 Å². The normalized spacial score (nSPS) is 23.1. The minimum Gasteiger partial charge on any atom is -0.325 e.